The molecule has 1 heterocycles. The number of rotatable bonds is 6. The van der Waals surface area contributed by atoms with Gasteiger partial charge < -0.3 is 5.32 Å². The first-order valence-corrected chi connectivity index (χ1v) is 10.2. The highest BCUT2D eigenvalue weighted by Gasteiger charge is 2.28. The first kappa shape index (κ1) is 19.3. The Hall–Kier alpha value is -2.48. The van der Waals surface area contributed by atoms with E-state index in [1.54, 1.807) is 18.2 Å². The quantitative estimate of drug-likeness (QED) is 0.775. The maximum absolute atomic E-state index is 12.9. The lowest BCUT2D eigenvalue weighted by molar-refractivity contribution is -0.111. The third-order valence-electron chi connectivity index (χ3n) is 4.51. The highest BCUT2D eigenvalue weighted by molar-refractivity contribution is 7.89. The molecule has 0 radical (unpaired) electrons. The normalized spacial score (nSPS) is 16.0. The van der Waals surface area contributed by atoms with E-state index in [-0.39, 0.29) is 10.8 Å². The second-order valence-electron chi connectivity index (χ2n) is 6.39. The monoisotopic (exact) mass is 385 g/mol. The minimum absolute atomic E-state index is 0.181. The van der Waals surface area contributed by atoms with Crippen LogP contribution in [-0.2, 0) is 21.4 Å². The van der Waals surface area contributed by atoms with Gasteiger partial charge in [-0.15, -0.1) is 0 Å². The fourth-order valence-corrected chi connectivity index (χ4v) is 4.51. The minimum Gasteiger partial charge on any atom is -0.322 e. The van der Waals surface area contributed by atoms with Gasteiger partial charge in [0.15, 0.2) is 0 Å². The van der Waals surface area contributed by atoms with E-state index in [4.69, 9.17) is 0 Å². The van der Waals surface area contributed by atoms with Crippen molar-refractivity contribution < 1.29 is 13.2 Å². The highest BCUT2D eigenvalue weighted by atomic mass is 32.2. The molecule has 1 aliphatic heterocycles. The third-order valence-corrected chi connectivity index (χ3v) is 6.40. The van der Waals surface area contributed by atoms with Crippen LogP contribution in [0.3, 0.4) is 0 Å². The van der Waals surface area contributed by atoms with E-state index < -0.39 is 10.0 Å². The van der Waals surface area contributed by atoms with Crippen LogP contribution in [-0.4, -0.2) is 49.7 Å². The summed E-state index contributed by atoms with van der Waals surface area (Å²) in [7, 11) is -3.59. The molecule has 142 valence electrons. The van der Waals surface area contributed by atoms with Crippen LogP contribution in [0.4, 0.5) is 5.69 Å². The van der Waals surface area contributed by atoms with Crippen molar-refractivity contribution in [1.29, 1.82) is 0 Å². The lowest BCUT2D eigenvalue weighted by Crippen LogP contribution is -2.48. The molecule has 1 saturated heterocycles. The molecule has 0 atom stereocenters. The highest BCUT2D eigenvalue weighted by Crippen LogP contribution is 2.21. The Morgan fingerprint density at radius 3 is 2.41 bits per heavy atom. The lowest BCUT2D eigenvalue weighted by atomic mass is 10.2. The van der Waals surface area contributed by atoms with Crippen LogP contribution in [0.15, 0.2) is 72.1 Å². The van der Waals surface area contributed by atoms with Crippen molar-refractivity contribution in [3.05, 3.63) is 72.8 Å². The predicted molar refractivity (Wildman–Crippen MR) is 106 cm³/mol. The van der Waals surface area contributed by atoms with Crippen molar-refractivity contribution in [3.63, 3.8) is 0 Å². The van der Waals surface area contributed by atoms with Gasteiger partial charge in [0.05, 0.1) is 4.90 Å². The zero-order chi connectivity index (χ0) is 19.3. The fraction of sp³-hybridized carbons (Fsp3) is 0.250. The number of piperazine rings is 1. The Bertz CT molecular complexity index is 905. The molecule has 0 aromatic heterocycles. The van der Waals surface area contributed by atoms with Crippen molar-refractivity contribution in [3.8, 4) is 0 Å². The van der Waals surface area contributed by atoms with E-state index in [9.17, 15) is 13.2 Å². The number of hydrogen-bond acceptors (Lipinski definition) is 4. The first-order valence-electron chi connectivity index (χ1n) is 8.79. The standard InChI is InChI=1S/C20H23N3O3S/c1-2-20(24)21-18-9-6-10-19(15-18)27(25,26)23-13-11-22(12-14-23)16-17-7-4-3-5-8-17/h2-10,15H,1,11-14,16H2,(H,21,24). The van der Waals surface area contributed by atoms with Crippen LogP contribution in [0, 0.1) is 0 Å². The van der Waals surface area contributed by atoms with Crippen molar-refractivity contribution in [2.24, 2.45) is 0 Å². The summed E-state index contributed by atoms with van der Waals surface area (Å²) in [5, 5.41) is 2.59. The van der Waals surface area contributed by atoms with Gasteiger partial charge in [0.2, 0.25) is 15.9 Å². The Balaban J connectivity index is 1.65. The molecule has 2 aromatic carbocycles. The van der Waals surface area contributed by atoms with Gasteiger partial charge in [0.25, 0.3) is 0 Å². The van der Waals surface area contributed by atoms with Gasteiger partial charge in [-0.1, -0.05) is 43.0 Å². The number of nitrogens with one attached hydrogen (secondary N) is 1. The molecule has 0 bridgehead atoms. The Labute approximate surface area is 160 Å². The molecule has 7 heteroatoms. The second kappa shape index (κ2) is 8.47. The van der Waals surface area contributed by atoms with Gasteiger partial charge in [-0.25, -0.2) is 8.42 Å². The maximum Gasteiger partial charge on any atom is 0.247 e. The van der Waals surface area contributed by atoms with Crippen LogP contribution in [0.5, 0.6) is 0 Å². The van der Waals surface area contributed by atoms with Gasteiger partial charge in [0, 0.05) is 38.4 Å². The van der Waals surface area contributed by atoms with E-state index in [2.05, 4.69) is 28.9 Å². The zero-order valence-corrected chi connectivity index (χ0v) is 15.9. The van der Waals surface area contributed by atoms with E-state index in [0.29, 0.717) is 31.9 Å². The SMILES string of the molecule is C=CC(=O)Nc1cccc(S(=O)(=O)N2CCN(Cc3ccccc3)CC2)c1. The fourth-order valence-electron chi connectivity index (χ4n) is 3.05. The van der Waals surface area contributed by atoms with Gasteiger partial charge >= 0.3 is 0 Å². The number of carbonyl (C=O) groups excluding carboxylic acids is 1. The minimum atomic E-state index is -3.59. The number of nitrogens with zero attached hydrogens (tertiary/aromatic N) is 2. The predicted octanol–water partition coefficient (Wildman–Crippen LogP) is 2.32. The molecule has 0 aliphatic carbocycles. The van der Waals surface area contributed by atoms with Crippen molar-refractivity contribution >= 4 is 21.6 Å². The van der Waals surface area contributed by atoms with Crippen molar-refractivity contribution in [2.45, 2.75) is 11.4 Å². The molecule has 27 heavy (non-hydrogen) atoms. The van der Waals surface area contributed by atoms with Gasteiger partial charge in [-0.2, -0.15) is 4.31 Å². The lowest BCUT2D eigenvalue weighted by Gasteiger charge is -2.34. The number of carbonyl (C=O) groups is 1. The largest absolute Gasteiger partial charge is 0.322 e. The van der Waals surface area contributed by atoms with E-state index in [0.717, 1.165) is 12.6 Å². The molecule has 3 rings (SSSR count). The number of benzene rings is 2. The summed E-state index contributed by atoms with van der Waals surface area (Å²) in [6.45, 7) is 6.46. The van der Waals surface area contributed by atoms with Gasteiger partial charge in [-0.05, 0) is 29.8 Å². The smallest absolute Gasteiger partial charge is 0.247 e. The average molecular weight is 385 g/mol. The summed E-state index contributed by atoms with van der Waals surface area (Å²) >= 11 is 0. The van der Waals surface area contributed by atoms with Crippen LogP contribution in [0.1, 0.15) is 5.56 Å². The zero-order valence-electron chi connectivity index (χ0n) is 15.0. The summed E-state index contributed by atoms with van der Waals surface area (Å²) in [6.07, 6.45) is 1.15. The van der Waals surface area contributed by atoms with E-state index >= 15 is 0 Å². The van der Waals surface area contributed by atoms with E-state index in [1.165, 1.54) is 15.9 Å². The first-order chi connectivity index (χ1) is 13.0. The molecule has 1 amide bonds. The van der Waals surface area contributed by atoms with Crippen LogP contribution in [0.2, 0.25) is 0 Å². The van der Waals surface area contributed by atoms with E-state index in [1.807, 2.05) is 18.2 Å². The van der Waals surface area contributed by atoms with Crippen LogP contribution in [0.25, 0.3) is 0 Å². The molecular formula is C20H23N3O3S. The van der Waals surface area contributed by atoms with Crippen molar-refractivity contribution in [1.82, 2.24) is 9.21 Å². The summed E-state index contributed by atoms with van der Waals surface area (Å²) in [4.78, 5) is 13.9. The molecular weight excluding hydrogens is 362 g/mol. The average Bonchev–Trinajstić information content (AvgIpc) is 2.69. The van der Waals surface area contributed by atoms with Crippen LogP contribution >= 0.6 is 0 Å². The molecule has 0 unspecified atom stereocenters. The second-order valence-corrected chi connectivity index (χ2v) is 8.32. The van der Waals surface area contributed by atoms with Gasteiger partial charge in [-0.3, -0.25) is 9.69 Å². The summed E-state index contributed by atoms with van der Waals surface area (Å²) < 4.78 is 27.4. The van der Waals surface area contributed by atoms with Crippen molar-refractivity contribution in [2.75, 3.05) is 31.5 Å². The Morgan fingerprint density at radius 2 is 1.74 bits per heavy atom. The molecule has 1 aliphatic rings. The number of anilines is 1. The Morgan fingerprint density at radius 1 is 1.04 bits per heavy atom. The topological polar surface area (TPSA) is 69.7 Å². The summed E-state index contributed by atoms with van der Waals surface area (Å²) in [5.41, 5.74) is 1.66. The molecule has 6 nitrogen and oxygen atoms in total. The molecule has 1 N–H and O–H groups in total. The number of amides is 1. The summed E-state index contributed by atoms with van der Waals surface area (Å²) in [5.74, 6) is -0.376. The third kappa shape index (κ3) is 4.82. The summed E-state index contributed by atoms with van der Waals surface area (Å²) in [6, 6.07) is 16.5. The number of hydrogen-bond donors (Lipinski definition) is 1. The molecule has 0 saturated carbocycles. The van der Waals surface area contributed by atoms with Crippen LogP contribution < -0.4 is 5.32 Å². The molecule has 2 aromatic rings. The number of sulfonamides is 1. The maximum atomic E-state index is 12.9. The molecule has 1 fully saturated rings. The molecule has 0 spiro atoms. The van der Waals surface area contributed by atoms with Gasteiger partial charge in [0.1, 0.15) is 0 Å². The Kier molecular flexibility index (Phi) is 6.05.